The Bertz CT molecular complexity index is 2240. The minimum atomic E-state index is -1.40. The largest absolute Gasteiger partial charge is 0.451 e. The number of amides is 1. The van der Waals surface area contributed by atoms with Gasteiger partial charge in [0.2, 0.25) is 11.9 Å². The number of rotatable bonds is 11. The van der Waals surface area contributed by atoms with Crippen molar-refractivity contribution in [2.24, 2.45) is 5.92 Å². The van der Waals surface area contributed by atoms with E-state index in [9.17, 15) is 19.5 Å². The standard InChI is InChI=1S/C43H43N5O7/c1-25(2)38(50)46-42-45-37-34(39(51)47-42)44-24-48(37)40-36(55-41(52)29-9-7-6-8-10-29)35(49)33(54-40)23-53-43(30-17-11-26(3)12-18-30,31-19-13-27(4)14-20-31)32-21-15-28(5)16-22-32/h6-22,24-25,33,35-36,40,49H,23H2,1-5H3,(H2,45,46,47,50,51)/t33-,35+,36+,40-/m1/s1. The van der Waals surface area contributed by atoms with Crippen molar-refractivity contribution in [3.05, 3.63) is 159 Å². The molecule has 1 saturated heterocycles. The molecule has 0 radical (unpaired) electrons. The number of anilines is 1. The first-order valence-electron chi connectivity index (χ1n) is 18.2. The Morgan fingerprint density at radius 3 is 1.95 bits per heavy atom. The maximum atomic E-state index is 13.5. The summed E-state index contributed by atoms with van der Waals surface area (Å²) in [6, 6.07) is 32.8. The van der Waals surface area contributed by atoms with Crippen LogP contribution in [-0.4, -0.2) is 61.4 Å². The molecule has 2 aromatic heterocycles. The zero-order chi connectivity index (χ0) is 38.9. The van der Waals surface area contributed by atoms with Crippen LogP contribution in [0.4, 0.5) is 5.95 Å². The lowest BCUT2D eigenvalue weighted by atomic mass is 9.79. The first-order valence-corrected chi connectivity index (χ1v) is 18.2. The van der Waals surface area contributed by atoms with Gasteiger partial charge in [-0.15, -0.1) is 0 Å². The number of aryl methyl sites for hydroxylation is 3. The highest BCUT2D eigenvalue weighted by Crippen LogP contribution is 2.43. The fourth-order valence-corrected chi connectivity index (χ4v) is 6.73. The highest BCUT2D eigenvalue weighted by Gasteiger charge is 2.50. The predicted octanol–water partition coefficient (Wildman–Crippen LogP) is 6.13. The highest BCUT2D eigenvalue weighted by molar-refractivity contribution is 5.91. The maximum absolute atomic E-state index is 13.5. The molecule has 1 fully saturated rings. The Labute approximate surface area is 318 Å². The van der Waals surface area contributed by atoms with E-state index < -0.39 is 41.7 Å². The van der Waals surface area contributed by atoms with E-state index in [1.165, 1.54) is 10.9 Å². The quantitative estimate of drug-likeness (QED) is 0.105. The Hall–Kier alpha value is -5.95. The number of ether oxygens (including phenoxy) is 3. The number of imidazole rings is 1. The number of aromatic nitrogens is 4. The van der Waals surface area contributed by atoms with Gasteiger partial charge < -0.3 is 19.3 Å². The Balaban J connectivity index is 1.30. The molecular formula is C43H43N5O7. The van der Waals surface area contributed by atoms with E-state index >= 15 is 0 Å². The molecule has 55 heavy (non-hydrogen) atoms. The van der Waals surface area contributed by atoms with Gasteiger partial charge in [-0.1, -0.05) is 122 Å². The summed E-state index contributed by atoms with van der Waals surface area (Å²) in [4.78, 5) is 50.5. The molecule has 0 spiro atoms. The van der Waals surface area contributed by atoms with Gasteiger partial charge in [-0.2, -0.15) is 4.98 Å². The minimum absolute atomic E-state index is 0.0365. The third-order valence-corrected chi connectivity index (χ3v) is 9.88. The van der Waals surface area contributed by atoms with Gasteiger partial charge in [-0.05, 0) is 49.6 Å². The first-order chi connectivity index (χ1) is 26.4. The second kappa shape index (κ2) is 15.4. The summed E-state index contributed by atoms with van der Waals surface area (Å²) < 4.78 is 21.1. The summed E-state index contributed by atoms with van der Waals surface area (Å²) in [5.41, 5.74) is 4.37. The number of esters is 1. The molecule has 0 bridgehead atoms. The molecule has 3 heterocycles. The summed E-state index contributed by atoms with van der Waals surface area (Å²) in [7, 11) is 0. The number of hydrogen-bond donors (Lipinski definition) is 3. The molecule has 1 aliphatic heterocycles. The van der Waals surface area contributed by atoms with Crippen LogP contribution in [0.3, 0.4) is 0 Å². The van der Waals surface area contributed by atoms with E-state index in [4.69, 9.17) is 14.2 Å². The van der Waals surface area contributed by atoms with Crippen molar-refractivity contribution in [2.45, 2.75) is 64.8 Å². The average Bonchev–Trinajstić information content (AvgIpc) is 3.74. The van der Waals surface area contributed by atoms with Crippen LogP contribution >= 0.6 is 0 Å². The van der Waals surface area contributed by atoms with E-state index in [2.05, 4.69) is 20.3 Å². The van der Waals surface area contributed by atoms with Crippen LogP contribution in [0.25, 0.3) is 11.2 Å². The van der Waals surface area contributed by atoms with Crippen molar-refractivity contribution in [2.75, 3.05) is 11.9 Å². The third-order valence-electron chi connectivity index (χ3n) is 9.88. The molecule has 3 N–H and O–H groups in total. The number of H-pyrrole nitrogens is 1. The van der Waals surface area contributed by atoms with Gasteiger partial charge >= 0.3 is 5.97 Å². The van der Waals surface area contributed by atoms with Crippen molar-refractivity contribution in [3.63, 3.8) is 0 Å². The van der Waals surface area contributed by atoms with Gasteiger partial charge in [-0.25, -0.2) is 9.78 Å². The lowest BCUT2D eigenvalue weighted by molar-refractivity contribution is -0.118. The lowest BCUT2D eigenvalue weighted by Crippen LogP contribution is -2.40. The molecule has 0 unspecified atom stereocenters. The monoisotopic (exact) mass is 741 g/mol. The van der Waals surface area contributed by atoms with Gasteiger partial charge in [0, 0.05) is 5.92 Å². The van der Waals surface area contributed by atoms with Gasteiger partial charge in [0.05, 0.1) is 18.5 Å². The second-order valence-corrected chi connectivity index (χ2v) is 14.3. The lowest BCUT2D eigenvalue weighted by Gasteiger charge is -2.37. The van der Waals surface area contributed by atoms with Crippen molar-refractivity contribution in [1.82, 2.24) is 19.5 Å². The number of benzene rings is 4. The third kappa shape index (κ3) is 7.44. The molecule has 1 amide bonds. The predicted molar refractivity (Wildman–Crippen MR) is 207 cm³/mol. The number of nitrogens with zero attached hydrogens (tertiary/aromatic N) is 3. The SMILES string of the molecule is Cc1ccc(C(OC[C@H]2O[C@@H](n3cnc4c(=O)[nH]c(NC(=O)C(C)C)nc43)[C@@H](OC(=O)c3ccccc3)[C@H]2O)(c2ccc(C)cc2)c2ccc(C)cc2)cc1. The fourth-order valence-electron chi connectivity index (χ4n) is 6.73. The molecule has 1 aliphatic rings. The van der Waals surface area contributed by atoms with Gasteiger partial charge in [0.25, 0.3) is 5.56 Å². The normalized spacial score (nSPS) is 18.5. The first kappa shape index (κ1) is 37.4. The van der Waals surface area contributed by atoms with Crippen LogP contribution in [0, 0.1) is 26.7 Å². The van der Waals surface area contributed by atoms with E-state index in [-0.39, 0.29) is 41.1 Å². The van der Waals surface area contributed by atoms with E-state index in [0.29, 0.717) is 0 Å². The summed E-state index contributed by atoms with van der Waals surface area (Å²) in [5.74, 6) is -1.51. The number of aromatic amines is 1. The van der Waals surface area contributed by atoms with E-state index in [1.807, 2.05) is 93.6 Å². The van der Waals surface area contributed by atoms with Gasteiger partial charge in [-0.3, -0.25) is 24.5 Å². The molecule has 6 aromatic rings. The smallest absolute Gasteiger partial charge is 0.338 e. The number of fused-ring (bicyclic) bond motifs is 1. The van der Waals surface area contributed by atoms with Crippen molar-refractivity contribution >= 4 is 29.0 Å². The Morgan fingerprint density at radius 1 is 0.873 bits per heavy atom. The fraction of sp³-hybridized carbons (Fsp3) is 0.279. The number of carbonyl (C=O) groups is 2. The summed E-state index contributed by atoms with van der Waals surface area (Å²) in [5, 5.41) is 14.6. The van der Waals surface area contributed by atoms with Gasteiger partial charge in [0.1, 0.15) is 17.8 Å². The topological polar surface area (TPSA) is 158 Å². The molecule has 12 heteroatoms. The summed E-state index contributed by atoms with van der Waals surface area (Å²) >= 11 is 0. The summed E-state index contributed by atoms with van der Waals surface area (Å²) in [6.45, 7) is 9.34. The molecular weight excluding hydrogens is 699 g/mol. The van der Waals surface area contributed by atoms with Crippen molar-refractivity contribution in [3.8, 4) is 0 Å². The molecule has 4 atom stereocenters. The van der Waals surface area contributed by atoms with Crippen LogP contribution in [0.15, 0.2) is 114 Å². The number of hydrogen-bond acceptors (Lipinski definition) is 9. The number of aliphatic hydroxyl groups excluding tert-OH is 1. The van der Waals surface area contributed by atoms with Crippen molar-refractivity contribution < 1.29 is 28.9 Å². The van der Waals surface area contributed by atoms with Gasteiger partial charge in [0.15, 0.2) is 23.5 Å². The van der Waals surface area contributed by atoms with Crippen LogP contribution in [0.2, 0.25) is 0 Å². The maximum Gasteiger partial charge on any atom is 0.338 e. The van der Waals surface area contributed by atoms with E-state index in [1.54, 1.807) is 44.2 Å². The Morgan fingerprint density at radius 2 is 1.42 bits per heavy atom. The zero-order valence-electron chi connectivity index (χ0n) is 31.2. The molecule has 12 nitrogen and oxygen atoms in total. The summed E-state index contributed by atoms with van der Waals surface area (Å²) in [6.07, 6.45) is -3.60. The van der Waals surface area contributed by atoms with Crippen LogP contribution in [0.1, 0.15) is 63.8 Å². The number of carbonyl (C=O) groups excluding carboxylic acids is 2. The molecule has 0 saturated carbocycles. The molecule has 282 valence electrons. The Kier molecular flexibility index (Phi) is 10.5. The number of aliphatic hydroxyl groups is 1. The number of nitrogens with one attached hydrogen (secondary N) is 2. The van der Waals surface area contributed by atoms with Crippen LogP contribution in [-0.2, 0) is 24.6 Å². The second-order valence-electron chi connectivity index (χ2n) is 14.3. The average molecular weight is 742 g/mol. The molecule has 4 aromatic carbocycles. The van der Waals surface area contributed by atoms with Crippen LogP contribution in [0.5, 0.6) is 0 Å². The molecule has 7 rings (SSSR count). The zero-order valence-corrected chi connectivity index (χ0v) is 31.2. The van der Waals surface area contributed by atoms with Crippen molar-refractivity contribution in [1.29, 1.82) is 0 Å². The van der Waals surface area contributed by atoms with E-state index in [0.717, 1.165) is 33.4 Å². The molecule has 0 aliphatic carbocycles. The highest BCUT2D eigenvalue weighted by atomic mass is 16.6. The van der Waals surface area contributed by atoms with Crippen LogP contribution < -0.4 is 10.9 Å². The minimum Gasteiger partial charge on any atom is -0.451 e.